The molecular weight excluding hydrogens is 339 g/mol. The summed E-state index contributed by atoms with van der Waals surface area (Å²) in [5, 5.41) is 4.78. The molecule has 0 radical (unpaired) electrons. The summed E-state index contributed by atoms with van der Waals surface area (Å²) in [6, 6.07) is 2.82. The third-order valence-electron chi connectivity index (χ3n) is 3.85. The van der Waals surface area contributed by atoms with E-state index in [9.17, 15) is 18.8 Å². The molecule has 7 nitrogen and oxygen atoms in total. The average Bonchev–Trinajstić information content (AvgIpc) is 2.87. The first-order valence-corrected chi connectivity index (χ1v) is 8.14. The number of carbonyl (C=O) groups excluding carboxylic acids is 3. The highest BCUT2D eigenvalue weighted by molar-refractivity contribution is 6.08. The van der Waals surface area contributed by atoms with E-state index in [1.165, 1.54) is 19.1 Å². The van der Waals surface area contributed by atoms with Gasteiger partial charge in [-0.25, -0.2) is 9.18 Å². The van der Waals surface area contributed by atoms with Crippen LogP contribution in [0.15, 0.2) is 18.2 Å². The van der Waals surface area contributed by atoms with Gasteiger partial charge in [0.2, 0.25) is 0 Å². The molecule has 0 saturated carbocycles. The predicted molar refractivity (Wildman–Crippen MR) is 97.1 cm³/mol. The van der Waals surface area contributed by atoms with E-state index in [2.05, 4.69) is 15.6 Å². The summed E-state index contributed by atoms with van der Waals surface area (Å²) >= 11 is 0. The maximum Gasteiger partial charge on any atom is 0.316 e. The molecule has 0 saturated heterocycles. The van der Waals surface area contributed by atoms with Gasteiger partial charge in [-0.2, -0.15) is 0 Å². The Morgan fingerprint density at radius 2 is 1.92 bits per heavy atom. The summed E-state index contributed by atoms with van der Waals surface area (Å²) in [6.45, 7) is 5.15. The largest absolute Gasteiger partial charge is 0.354 e. The Kier molecular flexibility index (Phi) is 5.76. The lowest BCUT2D eigenvalue weighted by molar-refractivity contribution is 0.101. The molecule has 26 heavy (non-hydrogen) atoms. The van der Waals surface area contributed by atoms with Gasteiger partial charge < -0.3 is 21.4 Å². The number of Topliss-reactive ketones (excluding diaryl/α,β-unsaturated/α-hetero) is 1. The van der Waals surface area contributed by atoms with Crippen molar-refractivity contribution in [1.29, 1.82) is 0 Å². The Hall–Kier alpha value is -3.16. The van der Waals surface area contributed by atoms with Gasteiger partial charge in [-0.05, 0) is 44.0 Å². The molecule has 1 aromatic heterocycles. The minimum absolute atomic E-state index is 0.115. The maximum absolute atomic E-state index is 13.7. The van der Waals surface area contributed by atoms with Crippen LogP contribution in [-0.2, 0) is 6.42 Å². The van der Waals surface area contributed by atoms with Crippen LogP contribution < -0.4 is 16.4 Å². The van der Waals surface area contributed by atoms with E-state index >= 15 is 0 Å². The van der Waals surface area contributed by atoms with Gasteiger partial charge in [0.05, 0.1) is 5.69 Å². The lowest BCUT2D eigenvalue weighted by Gasteiger charge is -2.09. The molecular formula is C18H21FN4O3. The highest BCUT2D eigenvalue weighted by atomic mass is 19.1. The Labute approximate surface area is 150 Å². The van der Waals surface area contributed by atoms with Gasteiger partial charge in [-0.15, -0.1) is 0 Å². The molecule has 0 unspecified atom stereocenters. The fraction of sp³-hybridized carbons (Fsp3) is 0.278. The average molecular weight is 360 g/mol. The van der Waals surface area contributed by atoms with Crippen LogP contribution in [0, 0.1) is 12.7 Å². The molecule has 0 aliphatic carbocycles. The van der Waals surface area contributed by atoms with Crippen LogP contribution in [0.2, 0.25) is 0 Å². The van der Waals surface area contributed by atoms with Gasteiger partial charge in [-0.3, -0.25) is 9.59 Å². The van der Waals surface area contributed by atoms with Crippen LogP contribution in [0.5, 0.6) is 0 Å². The second-order valence-electron chi connectivity index (χ2n) is 5.92. The summed E-state index contributed by atoms with van der Waals surface area (Å²) in [5.74, 6) is -1.25. The molecule has 0 aliphatic rings. The van der Waals surface area contributed by atoms with Crippen LogP contribution in [0.4, 0.5) is 20.6 Å². The summed E-state index contributed by atoms with van der Waals surface area (Å²) in [5.41, 5.74) is 7.23. The Balaban J connectivity index is 2.35. The van der Waals surface area contributed by atoms with Crippen molar-refractivity contribution in [2.24, 2.45) is 5.73 Å². The highest BCUT2D eigenvalue weighted by Gasteiger charge is 2.22. The zero-order valence-electron chi connectivity index (χ0n) is 14.8. The van der Waals surface area contributed by atoms with Gasteiger partial charge >= 0.3 is 6.03 Å². The number of hydrogen-bond donors (Lipinski definition) is 4. The number of hydrogen-bond acceptors (Lipinski definition) is 3. The third kappa shape index (κ3) is 4.08. The first-order chi connectivity index (χ1) is 12.2. The summed E-state index contributed by atoms with van der Waals surface area (Å²) in [7, 11) is 0. The molecule has 0 fully saturated rings. The molecule has 0 aliphatic heterocycles. The van der Waals surface area contributed by atoms with Crippen LogP contribution in [0.1, 0.15) is 52.4 Å². The number of aromatic nitrogens is 1. The number of urea groups is 1. The van der Waals surface area contributed by atoms with Crippen molar-refractivity contribution in [1.82, 2.24) is 4.98 Å². The minimum Gasteiger partial charge on any atom is -0.354 e. The number of anilines is 2. The number of nitrogens with two attached hydrogens (primary N) is 1. The lowest BCUT2D eigenvalue weighted by Crippen LogP contribution is -2.20. The van der Waals surface area contributed by atoms with Gasteiger partial charge in [0.15, 0.2) is 5.78 Å². The predicted octanol–water partition coefficient (Wildman–Crippen LogP) is 3.36. The van der Waals surface area contributed by atoms with E-state index in [0.29, 0.717) is 28.9 Å². The second kappa shape index (κ2) is 7.81. The third-order valence-corrected chi connectivity index (χ3v) is 3.85. The summed E-state index contributed by atoms with van der Waals surface area (Å²) < 4.78 is 13.7. The molecule has 138 valence electrons. The van der Waals surface area contributed by atoms with Crippen molar-refractivity contribution in [2.75, 3.05) is 10.6 Å². The van der Waals surface area contributed by atoms with Gasteiger partial charge in [0, 0.05) is 16.9 Å². The molecule has 5 N–H and O–H groups in total. The van der Waals surface area contributed by atoms with E-state index < -0.39 is 17.8 Å². The van der Waals surface area contributed by atoms with Crippen LogP contribution in [0.25, 0.3) is 0 Å². The van der Waals surface area contributed by atoms with Crippen LogP contribution >= 0.6 is 0 Å². The molecule has 0 atom stereocenters. The van der Waals surface area contributed by atoms with Crippen molar-refractivity contribution < 1.29 is 18.8 Å². The number of aromatic amines is 1. The number of rotatable bonds is 6. The van der Waals surface area contributed by atoms with Crippen molar-refractivity contribution in [3.8, 4) is 0 Å². The molecule has 2 rings (SSSR count). The van der Waals surface area contributed by atoms with E-state index in [0.717, 1.165) is 12.5 Å². The second-order valence-corrected chi connectivity index (χ2v) is 5.92. The number of primary amides is 1. The number of nitrogens with one attached hydrogen (secondary N) is 3. The van der Waals surface area contributed by atoms with Crippen LogP contribution in [0.3, 0.4) is 0 Å². The number of amides is 3. The molecule has 0 spiro atoms. The fourth-order valence-electron chi connectivity index (χ4n) is 2.87. The van der Waals surface area contributed by atoms with Crippen molar-refractivity contribution >= 4 is 29.1 Å². The molecule has 0 bridgehead atoms. The standard InChI is InChI=1S/C18H21FN4O3/c1-4-5-12-15(10(3)24)9(2)21-16(12)17(25)22-11-6-7-13(19)14(8-11)23-18(20)26/h6-8,21H,4-5H2,1-3H3,(H,22,25)(H3,20,23,26). The Morgan fingerprint density at radius 1 is 1.23 bits per heavy atom. The topological polar surface area (TPSA) is 117 Å². The first-order valence-electron chi connectivity index (χ1n) is 8.14. The minimum atomic E-state index is -0.913. The molecule has 3 amide bonds. The monoisotopic (exact) mass is 360 g/mol. The maximum atomic E-state index is 13.7. The van der Waals surface area contributed by atoms with Gasteiger partial charge in [0.25, 0.3) is 5.91 Å². The number of benzene rings is 1. The normalized spacial score (nSPS) is 10.5. The van der Waals surface area contributed by atoms with Gasteiger partial charge in [-0.1, -0.05) is 13.3 Å². The number of ketones is 1. The van der Waals surface area contributed by atoms with E-state index in [1.807, 2.05) is 6.92 Å². The molecule has 1 heterocycles. The Bertz CT molecular complexity index is 874. The molecule has 8 heteroatoms. The molecule has 1 aromatic carbocycles. The quantitative estimate of drug-likeness (QED) is 0.592. The SMILES string of the molecule is CCCc1c(C(=O)Nc2ccc(F)c(NC(N)=O)c2)[nH]c(C)c1C(C)=O. The summed E-state index contributed by atoms with van der Waals surface area (Å²) in [6.07, 6.45) is 1.33. The smallest absolute Gasteiger partial charge is 0.316 e. The zero-order valence-corrected chi connectivity index (χ0v) is 14.8. The number of aryl methyl sites for hydroxylation is 1. The van der Waals surface area contributed by atoms with Crippen molar-refractivity contribution in [2.45, 2.75) is 33.6 Å². The van der Waals surface area contributed by atoms with E-state index in [-0.39, 0.29) is 17.2 Å². The first kappa shape index (κ1) is 19.2. The Morgan fingerprint density at radius 3 is 2.50 bits per heavy atom. The van der Waals surface area contributed by atoms with Crippen molar-refractivity contribution in [3.05, 3.63) is 46.5 Å². The number of carbonyl (C=O) groups is 3. The summed E-state index contributed by atoms with van der Waals surface area (Å²) in [4.78, 5) is 38.4. The number of halogens is 1. The highest BCUT2D eigenvalue weighted by Crippen LogP contribution is 2.24. The van der Waals surface area contributed by atoms with Gasteiger partial charge in [0.1, 0.15) is 11.5 Å². The number of H-pyrrole nitrogens is 1. The van der Waals surface area contributed by atoms with Crippen molar-refractivity contribution in [3.63, 3.8) is 0 Å². The molecule has 2 aromatic rings. The van der Waals surface area contributed by atoms with Crippen LogP contribution in [-0.4, -0.2) is 22.7 Å². The van der Waals surface area contributed by atoms with E-state index in [1.54, 1.807) is 6.92 Å². The fourth-order valence-corrected chi connectivity index (χ4v) is 2.87. The lowest BCUT2D eigenvalue weighted by atomic mass is 10.0. The van der Waals surface area contributed by atoms with E-state index in [4.69, 9.17) is 5.73 Å². The zero-order chi connectivity index (χ0) is 19.4.